The molecule has 1 aliphatic heterocycles. The molecule has 3 aliphatic rings. The molecule has 16 rings (SSSR count). The molecule has 1 N–H and O–H groups in total. The van der Waals surface area contributed by atoms with Gasteiger partial charge in [-0.05, 0) is 218 Å². The summed E-state index contributed by atoms with van der Waals surface area (Å²) in [6.45, 7) is 19.3. The van der Waals surface area contributed by atoms with Crippen LogP contribution in [-0.2, 0) is 54.2 Å². The zero-order valence-electron chi connectivity index (χ0n) is 61.9. The van der Waals surface area contributed by atoms with Gasteiger partial charge in [0, 0.05) is 79.1 Å². The number of phenolic OH excluding ortho intramolecular Hbond substituents is 1. The normalized spacial score (nSPS) is 14.5. The van der Waals surface area contributed by atoms with Gasteiger partial charge in [0.25, 0.3) is 0 Å². The van der Waals surface area contributed by atoms with Crippen molar-refractivity contribution in [3.63, 3.8) is 0 Å². The smallest absolute Gasteiger partial charge is 0.500 e. The summed E-state index contributed by atoms with van der Waals surface area (Å²) in [7, 11) is -0.378. The topological polar surface area (TPSA) is 272 Å². The number of hydrogen-bond donors (Lipinski definition) is 1. The highest BCUT2D eigenvalue weighted by molar-refractivity contribution is 9.10. The minimum absolute atomic E-state index is 0.0166. The lowest BCUT2D eigenvalue weighted by Crippen LogP contribution is -2.41. The molecule has 0 bridgehead atoms. The molecule has 28 heteroatoms. The highest BCUT2D eigenvalue weighted by Gasteiger charge is 2.56. The highest BCUT2D eigenvalue weighted by Crippen LogP contribution is 2.50. The number of aryl methyl sites for hydroxylation is 6. The number of ketones is 4. The number of aromatic nitrogens is 9. The SMILES string of the molecule is Cc1noc(C)c1-c1cc2nccc(Cl)c2cn1.Cc1noc(C)c1-c1cc2nccc(Oc3ccc(CC(=O)C4(C(=O)Cc5ccc(F)cc5)CC4)cc3F)c2cn1.Cc1noc(C)c1B1OC(C)(C)C(C)(C)O1.Clc1ccnc2cc(Br)ncc12.O=C(Cc1ccc(F)cc1)C1(C(=O)Cc2ccc(O)c(F)c2)CC1. The molecule has 4 aromatic carbocycles. The van der Waals surface area contributed by atoms with E-state index in [1.165, 1.54) is 60.7 Å². The number of halogens is 7. The molecular weight excluding hydrogens is 1540 g/mol. The second kappa shape index (κ2) is 33.0. The van der Waals surface area contributed by atoms with Crippen LogP contribution in [-0.4, -0.2) is 91.9 Å². The number of aromatic hydroxyl groups is 1. The third-order valence-corrected chi connectivity index (χ3v) is 21.1. The molecule has 0 unspecified atom stereocenters. The summed E-state index contributed by atoms with van der Waals surface area (Å²) >= 11 is 15.3. The molecule has 0 spiro atoms. The van der Waals surface area contributed by atoms with E-state index < -0.39 is 28.2 Å². The second-order valence-electron chi connectivity index (χ2n) is 28.3. The molecule has 111 heavy (non-hydrogen) atoms. The second-order valence-corrected chi connectivity index (χ2v) is 29.9. The third-order valence-electron chi connectivity index (χ3n) is 20.0. The van der Waals surface area contributed by atoms with E-state index in [0.29, 0.717) is 91.8 Å². The number of phenols is 1. The fraction of sp³-hybridized carbons (Fsp3) is 0.265. The quantitative estimate of drug-likeness (QED) is 0.0384. The van der Waals surface area contributed by atoms with E-state index in [1.807, 2.05) is 81.4 Å². The number of ether oxygens (including phenoxy) is 1. The first-order chi connectivity index (χ1) is 52.8. The average molecular weight is 1610 g/mol. The van der Waals surface area contributed by atoms with Crippen molar-refractivity contribution in [1.29, 1.82) is 0 Å². The van der Waals surface area contributed by atoms with Gasteiger partial charge in [0.2, 0.25) is 0 Å². The summed E-state index contributed by atoms with van der Waals surface area (Å²) in [5.74, 6) is -0.991. The number of rotatable bonds is 17. The Labute approximate surface area is 654 Å². The van der Waals surface area contributed by atoms with Crippen molar-refractivity contribution in [3.05, 3.63) is 253 Å². The van der Waals surface area contributed by atoms with Crippen molar-refractivity contribution < 1.29 is 69.5 Å². The fourth-order valence-corrected chi connectivity index (χ4v) is 13.4. The minimum atomic E-state index is -1.05. The van der Waals surface area contributed by atoms with Crippen LogP contribution in [0.2, 0.25) is 10.0 Å². The van der Waals surface area contributed by atoms with E-state index in [-0.39, 0.29) is 84.5 Å². The number of nitrogens with zero attached hydrogens (tertiary/aromatic N) is 9. The van der Waals surface area contributed by atoms with E-state index >= 15 is 4.39 Å². The molecular formula is C83H73BBrCl2F4N9O11. The Morgan fingerprint density at radius 3 is 1.30 bits per heavy atom. The Balaban J connectivity index is 0.000000139. The van der Waals surface area contributed by atoms with Crippen molar-refractivity contribution in [2.45, 2.75) is 132 Å². The molecule has 0 atom stereocenters. The summed E-state index contributed by atoms with van der Waals surface area (Å²) in [5, 5.41) is 24.7. The highest BCUT2D eigenvalue weighted by atomic mass is 79.9. The van der Waals surface area contributed by atoms with Gasteiger partial charge in [0.15, 0.2) is 46.3 Å². The molecule has 0 amide bonds. The monoisotopic (exact) mass is 1610 g/mol. The number of carbonyl (C=O) groups is 4. The van der Waals surface area contributed by atoms with E-state index in [1.54, 1.807) is 79.6 Å². The number of pyridine rings is 6. The zero-order chi connectivity index (χ0) is 79.4. The number of hydrogen-bond acceptors (Lipinski definition) is 20. The summed E-state index contributed by atoms with van der Waals surface area (Å²) in [5.41, 5.74) is 8.21. The Morgan fingerprint density at radius 2 is 0.865 bits per heavy atom. The number of Topliss-reactive ketones (excluding diaryl/α,β-unsaturated/α-hetero) is 4. The molecule has 9 aromatic heterocycles. The summed E-state index contributed by atoms with van der Waals surface area (Å²) in [4.78, 5) is 76.9. The predicted octanol–water partition coefficient (Wildman–Crippen LogP) is 18.2. The van der Waals surface area contributed by atoms with Gasteiger partial charge in [-0.2, -0.15) is 0 Å². The van der Waals surface area contributed by atoms with Gasteiger partial charge in [-0.1, -0.05) is 75.1 Å². The lowest BCUT2D eigenvalue weighted by atomic mass is 9.77. The van der Waals surface area contributed by atoms with Crippen LogP contribution in [0.3, 0.4) is 0 Å². The molecule has 0 radical (unpaired) electrons. The maximum absolute atomic E-state index is 15.1. The van der Waals surface area contributed by atoms with Gasteiger partial charge >= 0.3 is 7.12 Å². The summed E-state index contributed by atoms with van der Waals surface area (Å²) in [6.07, 6.45) is 11.9. The van der Waals surface area contributed by atoms with Crippen LogP contribution in [0.4, 0.5) is 17.6 Å². The first kappa shape index (κ1) is 79.8. The maximum Gasteiger partial charge on any atom is 0.500 e. The lowest BCUT2D eigenvalue weighted by molar-refractivity contribution is -0.135. The third kappa shape index (κ3) is 18.0. The Bertz CT molecular complexity index is 5630. The van der Waals surface area contributed by atoms with Crippen LogP contribution in [0.5, 0.6) is 17.2 Å². The van der Waals surface area contributed by atoms with Crippen molar-refractivity contribution >= 4 is 108 Å². The number of benzene rings is 4. The molecule has 568 valence electrons. The van der Waals surface area contributed by atoms with Crippen LogP contribution in [0.25, 0.3) is 55.2 Å². The standard InChI is InChI=1S/C32H25F2N3O4.C19H16F2O3.C13H10ClN3O.C11H18BNO3.C8H4BrClN2/c1-18-31(19(2)41-37-18)26-16-25-23(17-36-26)27(9-12-35-25)40-28-8-5-21(13-24(28)34)15-30(39)32(10-11-32)29(38)14-20-3-6-22(33)7-4-20;20-14-4-1-12(2-5-14)10-17(23)19(7-8-19)18(24)11-13-3-6-16(22)15(21)9-13;1-7-13(8(2)18-17-7)12-5-11-9(6-16-12)10(14)3-4-15-11;1-7-9(8(2)14-13-7)12-15-10(3,4)11(5,6)16-12;9-8-3-7-5(4-12-8)6(10)1-2-11-7/h3-9,12-13,16-17H,10-11,14-15H2,1-2H3;1-6,9,22H,7-8,10-11H2;3-6H,1-2H3;1-6H3;1-4H. The molecule has 10 heterocycles. The fourth-order valence-electron chi connectivity index (χ4n) is 12.7. The first-order valence-electron chi connectivity index (χ1n) is 35.2. The summed E-state index contributed by atoms with van der Waals surface area (Å²) < 4.78 is 88.7. The Morgan fingerprint density at radius 1 is 0.468 bits per heavy atom. The van der Waals surface area contributed by atoms with Gasteiger partial charge in [0.05, 0.1) is 93.6 Å². The van der Waals surface area contributed by atoms with Crippen LogP contribution in [0.1, 0.15) is 110 Å². The maximum atomic E-state index is 15.1. The van der Waals surface area contributed by atoms with Gasteiger partial charge in [-0.15, -0.1) is 0 Å². The number of carbonyl (C=O) groups excluding carboxylic acids is 4. The first-order valence-corrected chi connectivity index (χ1v) is 36.8. The van der Waals surface area contributed by atoms with Gasteiger partial charge in [-0.3, -0.25) is 44.1 Å². The van der Waals surface area contributed by atoms with E-state index in [9.17, 15) is 37.5 Å². The van der Waals surface area contributed by atoms with Crippen molar-refractivity contribution in [1.82, 2.24) is 45.4 Å². The van der Waals surface area contributed by atoms with Crippen LogP contribution in [0.15, 0.2) is 177 Å². The number of fused-ring (bicyclic) bond motifs is 3. The largest absolute Gasteiger partial charge is 0.505 e. The molecule has 20 nitrogen and oxygen atoms in total. The van der Waals surface area contributed by atoms with Crippen molar-refractivity contribution in [2.75, 3.05) is 0 Å². The van der Waals surface area contributed by atoms with Gasteiger partial charge < -0.3 is 32.7 Å². The van der Waals surface area contributed by atoms with Crippen molar-refractivity contribution in [2.24, 2.45) is 10.8 Å². The average Bonchev–Trinajstić information content (AvgIpc) is 1.62. The molecule has 2 aliphatic carbocycles. The molecule has 2 saturated carbocycles. The summed E-state index contributed by atoms with van der Waals surface area (Å²) in [6, 6.07) is 30.1. The van der Waals surface area contributed by atoms with Gasteiger partial charge in [-0.25, -0.2) is 22.5 Å². The zero-order valence-corrected chi connectivity index (χ0v) is 65.0. The molecule has 1 saturated heterocycles. The van der Waals surface area contributed by atoms with Crippen LogP contribution >= 0.6 is 39.1 Å². The molecule has 13 aromatic rings. The lowest BCUT2D eigenvalue weighted by Gasteiger charge is -2.32. The van der Waals surface area contributed by atoms with E-state index in [2.05, 4.69) is 61.3 Å². The van der Waals surface area contributed by atoms with Crippen LogP contribution in [0, 0.1) is 75.6 Å². The molecule has 3 fully saturated rings. The van der Waals surface area contributed by atoms with E-state index in [4.69, 9.17) is 50.8 Å². The van der Waals surface area contributed by atoms with Crippen LogP contribution < -0.4 is 10.2 Å². The minimum Gasteiger partial charge on any atom is -0.505 e. The Hall–Kier alpha value is -10.8. The van der Waals surface area contributed by atoms with Gasteiger partial charge in [0.1, 0.15) is 39.3 Å². The van der Waals surface area contributed by atoms with Crippen molar-refractivity contribution in [3.8, 4) is 39.8 Å². The predicted molar refractivity (Wildman–Crippen MR) is 413 cm³/mol. The Kier molecular flexibility index (Phi) is 23.7. The van der Waals surface area contributed by atoms with E-state index in [0.717, 1.165) is 77.7 Å².